The SMILES string of the molecule is COc1ccc(C)cc1S(=O)(=O)N(CC(=O)NC(C)C)Cc1ccco1. The Morgan fingerprint density at radius 2 is 2.04 bits per heavy atom. The van der Waals surface area contributed by atoms with Crippen LogP contribution in [0.25, 0.3) is 0 Å². The third-order valence-electron chi connectivity index (χ3n) is 3.62. The van der Waals surface area contributed by atoms with Crippen molar-refractivity contribution in [3.63, 3.8) is 0 Å². The van der Waals surface area contributed by atoms with Crippen molar-refractivity contribution in [2.45, 2.75) is 38.3 Å². The molecule has 0 aliphatic heterocycles. The molecule has 1 N–H and O–H groups in total. The Kier molecular flexibility index (Phi) is 6.44. The third kappa shape index (κ3) is 4.86. The van der Waals surface area contributed by atoms with Gasteiger partial charge in [-0.2, -0.15) is 4.31 Å². The Balaban J connectivity index is 2.42. The van der Waals surface area contributed by atoms with E-state index in [0.29, 0.717) is 5.76 Å². The molecule has 2 rings (SSSR count). The molecule has 7 nitrogen and oxygen atoms in total. The van der Waals surface area contributed by atoms with Crippen molar-refractivity contribution in [2.75, 3.05) is 13.7 Å². The molecular weight excluding hydrogens is 356 g/mol. The Morgan fingerprint density at radius 1 is 1.31 bits per heavy atom. The summed E-state index contributed by atoms with van der Waals surface area (Å²) in [5.41, 5.74) is 0.772. The van der Waals surface area contributed by atoms with Gasteiger partial charge in [-0.3, -0.25) is 4.79 Å². The van der Waals surface area contributed by atoms with Crippen LogP contribution in [-0.4, -0.2) is 38.3 Å². The first-order chi connectivity index (χ1) is 12.2. The van der Waals surface area contributed by atoms with E-state index < -0.39 is 10.0 Å². The molecule has 0 aliphatic rings. The number of carbonyl (C=O) groups excluding carboxylic acids is 1. The number of aryl methyl sites for hydroxylation is 1. The van der Waals surface area contributed by atoms with E-state index in [1.165, 1.54) is 19.4 Å². The highest BCUT2D eigenvalue weighted by atomic mass is 32.2. The van der Waals surface area contributed by atoms with Crippen LogP contribution in [0.1, 0.15) is 25.2 Å². The van der Waals surface area contributed by atoms with Gasteiger partial charge in [-0.25, -0.2) is 8.42 Å². The van der Waals surface area contributed by atoms with Gasteiger partial charge < -0.3 is 14.5 Å². The zero-order valence-electron chi connectivity index (χ0n) is 15.4. The molecule has 1 aromatic heterocycles. The predicted molar refractivity (Wildman–Crippen MR) is 97.3 cm³/mol. The molecule has 0 bridgehead atoms. The van der Waals surface area contributed by atoms with Crippen LogP contribution in [0.4, 0.5) is 0 Å². The van der Waals surface area contributed by atoms with Gasteiger partial charge in [0.2, 0.25) is 15.9 Å². The Labute approximate surface area is 154 Å². The second-order valence-corrected chi connectivity index (χ2v) is 8.14. The van der Waals surface area contributed by atoms with E-state index in [-0.39, 0.29) is 35.7 Å². The van der Waals surface area contributed by atoms with E-state index in [4.69, 9.17) is 9.15 Å². The van der Waals surface area contributed by atoms with Gasteiger partial charge in [0.25, 0.3) is 0 Å². The second-order valence-electron chi connectivity index (χ2n) is 6.23. The summed E-state index contributed by atoms with van der Waals surface area (Å²) in [7, 11) is -2.58. The highest BCUT2D eigenvalue weighted by Gasteiger charge is 2.30. The number of sulfonamides is 1. The fourth-order valence-electron chi connectivity index (χ4n) is 2.45. The number of rotatable bonds is 8. The van der Waals surface area contributed by atoms with Crippen LogP contribution in [0, 0.1) is 6.92 Å². The van der Waals surface area contributed by atoms with Gasteiger partial charge in [0.05, 0.1) is 26.5 Å². The lowest BCUT2D eigenvalue weighted by Crippen LogP contribution is -2.42. The van der Waals surface area contributed by atoms with Crippen molar-refractivity contribution in [3.05, 3.63) is 47.9 Å². The van der Waals surface area contributed by atoms with Crippen LogP contribution >= 0.6 is 0 Å². The van der Waals surface area contributed by atoms with Gasteiger partial charge in [0.1, 0.15) is 16.4 Å². The maximum Gasteiger partial charge on any atom is 0.247 e. The molecule has 0 aliphatic carbocycles. The minimum absolute atomic E-state index is 0.0175. The summed E-state index contributed by atoms with van der Waals surface area (Å²) in [6.45, 7) is 5.04. The van der Waals surface area contributed by atoms with Crippen LogP contribution in [0.2, 0.25) is 0 Å². The maximum absolute atomic E-state index is 13.2. The van der Waals surface area contributed by atoms with Gasteiger partial charge in [-0.05, 0) is 50.6 Å². The molecule has 0 unspecified atom stereocenters. The van der Waals surface area contributed by atoms with E-state index in [1.54, 1.807) is 31.2 Å². The number of hydrogen-bond acceptors (Lipinski definition) is 5. The Hall–Kier alpha value is -2.32. The van der Waals surface area contributed by atoms with E-state index in [0.717, 1.165) is 9.87 Å². The van der Waals surface area contributed by atoms with Crippen molar-refractivity contribution >= 4 is 15.9 Å². The van der Waals surface area contributed by atoms with Gasteiger partial charge >= 0.3 is 0 Å². The van der Waals surface area contributed by atoms with Gasteiger partial charge in [0, 0.05) is 6.04 Å². The zero-order valence-corrected chi connectivity index (χ0v) is 16.2. The molecular formula is C18H24N2O5S. The average molecular weight is 380 g/mol. The highest BCUT2D eigenvalue weighted by molar-refractivity contribution is 7.89. The molecule has 8 heteroatoms. The Bertz CT molecular complexity index is 844. The van der Waals surface area contributed by atoms with Crippen LogP contribution < -0.4 is 10.1 Å². The molecule has 142 valence electrons. The summed E-state index contributed by atoms with van der Waals surface area (Å²) in [6, 6.07) is 8.13. The number of methoxy groups -OCH3 is 1. The first-order valence-corrected chi connectivity index (χ1v) is 9.64. The molecule has 1 amide bonds. The van der Waals surface area contributed by atoms with Crippen molar-refractivity contribution in [3.8, 4) is 5.75 Å². The number of nitrogens with zero attached hydrogens (tertiary/aromatic N) is 1. The van der Waals surface area contributed by atoms with Crippen molar-refractivity contribution < 1.29 is 22.4 Å². The summed E-state index contributed by atoms with van der Waals surface area (Å²) >= 11 is 0. The number of furan rings is 1. The van der Waals surface area contributed by atoms with Crippen LogP contribution in [0.3, 0.4) is 0 Å². The maximum atomic E-state index is 13.2. The molecule has 26 heavy (non-hydrogen) atoms. The van der Waals surface area contributed by atoms with Crippen molar-refractivity contribution in [1.29, 1.82) is 0 Å². The lowest BCUT2D eigenvalue weighted by Gasteiger charge is -2.22. The van der Waals surface area contributed by atoms with E-state index >= 15 is 0 Å². The lowest BCUT2D eigenvalue weighted by molar-refractivity contribution is -0.121. The van der Waals surface area contributed by atoms with Crippen molar-refractivity contribution in [2.24, 2.45) is 0 Å². The lowest BCUT2D eigenvalue weighted by atomic mass is 10.2. The number of amides is 1. The van der Waals surface area contributed by atoms with E-state index in [2.05, 4.69) is 5.32 Å². The standard InChI is InChI=1S/C18H24N2O5S/c1-13(2)19-18(21)12-20(11-15-6-5-9-25-15)26(22,23)17-10-14(3)7-8-16(17)24-4/h5-10,13H,11-12H2,1-4H3,(H,19,21). The first-order valence-electron chi connectivity index (χ1n) is 8.20. The molecule has 0 atom stereocenters. The number of carbonyl (C=O) groups is 1. The molecule has 0 spiro atoms. The predicted octanol–water partition coefficient (Wildman–Crippen LogP) is 2.31. The quantitative estimate of drug-likeness (QED) is 0.759. The van der Waals surface area contributed by atoms with Crippen LogP contribution in [-0.2, 0) is 21.4 Å². The van der Waals surface area contributed by atoms with Crippen molar-refractivity contribution in [1.82, 2.24) is 9.62 Å². The molecule has 0 saturated heterocycles. The zero-order chi connectivity index (χ0) is 19.3. The fraction of sp³-hybridized carbons (Fsp3) is 0.389. The second kappa shape index (κ2) is 8.37. The first kappa shape index (κ1) is 20.0. The third-order valence-corrected chi connectivity index (χ3v) is 5.43. The molecule has 2 aromatic rings. The summed E-state index contributed by atoms with van der Waals surface area (Å²) in [6.07, 6.45) is 1.46. The fourth-order valence-corrected chi connectivity index (χ4v) is 4.06. The summed E-state index contributed by atoms with van der Waals surface area (Å²) in [5, 5.41) is 2.71. The van der Waals surface area contributed by atoms with E-state index in [1.807, 2.05) is 13.8 Å². The average Bonchev–Trinajstić information content (AvgIpc) is 3.06. The van der Waals surface area contributed by atoms with Gasteiger partial charge in [0.15, 0.2) is 0 Å². The van der Waals surface area contributed by atoms with Gasteiger partial charge in [-0.15, -0.1) is 0 Å². The summed E-state index contributed by atoms with van der Waals surface area (Å²) < 4.78 is 38.0. The monoisotopic (exact) mass is 380 g/mol. The molecule has 1 aromatic carbocycles. The minimum atomic E-state index is -3.99. The number of ether oxygens (including phenoxy) is 1. The Morgan fingerprint density at radius 3 is 2.62 bits per heavy atom. The number of hydrogen-bond donors (Lipinski definition) is 1. The molecule has 0 radical (unpaired) electrons. The van der Waals surface area contributed by atoms with E-state index in [9.17, 15) is 13.2 Å². The topological polar surface area (TPSA) is 88.9 Å². The molecule has 0 saturated carbocycles. The number of benzene rings is 1. The largest absolute Gasteiger partial charge is 0.495 e. The summed E-state index contributed by atoms with van der Waals surface area (Å²) in [5.74, 6) is 0.281. The normalized spacial score (nSPS) is 11.8. The summed E-state index contributed by atoms with van der Waals surface area (Å²) in [4.78, 5) is 12.2. The minimum Gasteiger partial charge on any atom is -0.495 e. The molecule has 0 fully saturated rings. The highest BCUT2D eigenvalue weighted by Crippen LogP contribution is 2.28. The van der Waals surface area contributed by atoms with Gasteiger partial charge in [-0.1, -0.05) is 6.07 Å². The smallest absolute Gasteiger partial charge is 0.247 e. The number of nitrogens with one attached hydrogen (secondary N) is 1. The molecule has 1 heterocycles. The van der Waals surface area contributed by atoms with Crippen LogP contribution in [0.5, 0.6) is 5.75 Å². The van der Waals surface area contributed by atoms with Crippen LogP contribution in [0.15, 0.2) is 45.9 Å².